The van der Waals surface area contributed by atoms with Gasteiger partial charge in [-0.2, -0.15) is 0 Å². The van der Waals surface area contributed by atoms with E-state index in [0.29, 0.717) is 16.9 Å². The Morgan fingerprint density at radius 1 is 1.56 bits per heavy atom. The van der Waals surface area contributed by atoms with Crippen LogP contribution >= 0.6 is 11.6 Å². The van der Waals surface area contributed by atoms with Gasteiger partial charge in [-0.15, -0.1) is 0 Å². The van der Waals surface area contributed by atoms with E-state index in [1.807, 2.05) is 4.90 Å². The lowest BCUT2D eigenvalue weighted by atomic mass is 9.90. The van der Waals surface area contributed by atoms with E-state index >= 15 is 0 Å². The molecule has 18 heavy (non-hydrogen) atoms. The molecule has 1 saturated heterocycles. The minimum absolute atomic E-state index is 0.109. The Hall–Kier alpha value is -1.29. The van der Waals surface area contributed by atoms with E-state index in [-0.39, 0.29) is 11.1 Å². The molecule has 1 atom stereocenters. The maximum atomic E-state index is 11.3. The summed E-state index contributed by atoms with van der Waals surface area (Å²) in [5.74, 6) is -0.00574. The van der Waals surface area contributed by atoms with E-state index in [0.717, 1.165) is 13.0 Å². The molecule has 0 amide bonds. The van der Waals surface area contributed by atoms with Gasteiger partial charge in [0.2, 0.25) is 0 Å². The van der Waals surface area contributed by atoms with Crippen LogP contribution in [0, 0.1) is 5.92 Å². The second-order valence-corrected chi connectivity index (χ2v) is 5.69. The number of nitrogens with zero attached hydrogens (tertiary/aromatic N) is 2. The molecule has 0 radical (unpaired) electrons. The van der Waals surface area contributed by atoms with E-state index < -0.39 is 5.97 Å². The van der Waals surface area contributed by atoms with Crippen molar-refractivity contribution in [1.29, 1.82) is 0 Å². The number of hydrogen-bond acceptors (Lipinski definition) is 3. The van der Waals surface area contributed by atoms with Crippen LogP contribution < -0.4 is 4.90 Å². The third kappa shape index (κ3) is 2.05. The van der Waals surface area contributed by atoms with Crippen molar-refractivity contribution in [2.24, 2.45) is 5.92 Å². The second kappa shape index (κ2) is 4.43. The quantitative estimate of drug-likeness (QED) is 0.838. The SMILES string of the molecule is CC1CCN(c2nc(Cl)ccc2C(=O)O)C1(C)C. The summed E-state index contributed by atoms with van der Waals surface area (Å²) < 4.78 is 0. The Kier molecular flexibility index (Phi) is 3.23. The summed E-state index contributed by atoms with van der Waals surface area (Å²) in [6.45, 7) is 7.20. The van der Waals surface area contributed by atoms with Gasteiger partial charge in [-0.05, 0) is 38.3 Å². The molecular formula is C13H17ClN2O2. The number of carboxylic acids is 1. The normalized spacial score (nSPS) is 22.2. The van der Waals surface area contributed by atoms with Crippen molar-refractivity contribution in [1.82, 2.24) is 4.98 Å². The number of hydrogen-bond donors (Lipinski definition) is 1. The Labute approximate surface area is 112 Å². The maximum absolute atomic E-state index is 11.3. The molecule has 1 aliphatic heterocycles. The first-order valence-electron chi connectivity index (χ1n) is 6.01. The maximum Gasteiger partial charge on any atom is 0.339 e. The fraction of sp³-hybridized carbons (Fsp3) is 0.538. The first-order chi connectivity index (χ1) is 8.34. The first-order valence-corrected chi connectivity index (χ1v) is 6.39. The van der Waals surface area contributed by atoms with Crippen LogP contribution in [0.25, 0.3) is 0 Å². The number of carbonyl (C=O) groups is 1. The van der Waals surface area contributed by atoms with Crippen molar-refractivity contribution in [2.75, 3.05) is 11.4 Å². The molecule has 4 nitrogen and oxygen atoms in total. The summed E-state index contributed by atoms with van der Waals surface area (Å²) in [7, 11) is 0. The third-order valence-corrected chi connectivity index (χ3v) is 4.23. The van der Waals surface area contributed by atoms with Crippen LogP contribution in [0.2, 0.25) is 5.15 Å². The standard InChI is InChI=1S/C13H17ClN2O2/c1-8-6-7-16(13(8,2)3)11-9(12(17)18)4-5-10(14)15-11/h4-5,8H,6-7H2,1-3H3,(H,17,18). The summed E-state index contributed by atoms with van der Waals surface area (Å²) >= 11 is 5.90. The van der Waals surface area contributed by atoms with Crippen LogP contribution in [0.4, 0.5) is 5.82 Å². The second-order valence-electron chi connectivity index (χ2n) is 5.31. The summed E-state index contributed by atoms with van der Waals surface area (Å²) in [5, 5.41) is 9.57. The van der Waals surface area contributed by atoms with Crippen molar-refractivity contribution in [2.45, 2.75) is 32.7 Å². The monoisotopic (exact) mass is 268 g/mol. The molecule has 2 heterocycles. The highest BCUT2D eigenvalue weighted by Crippen LogP contribution is 2.38. The van der Waals surface area contributed by atoms with Crippen LogP contribution in [0.5, 0.6) is 0 Å². The van der Waals surface area contributed by atoms with E-state index in [1.54, 1.807) is 0 Å². The van der Waals surface area contributed by atoms with Crippen molar-refractivity contribution < 1.29 is 9.90 Å². The highest BCUT2D eigenvalue weighted by molar-refractivity contribution is 6.29. The van der Waals surface area contributed by atoms with Crippen molar-refractivity contribution in [3.63, 3.8) is 0 Å². The third-order valence-electron chi connectivity index (χ3n) is 4.01. The lowest BCUT2D eigenvalue weighted by molar-refractivity contribution is 0.0697. The van der Waals surface area contributed by atoms with Gasteiger partial charge < -0.3 is 10.0 Å². The Morgan fingerprint density at radius 2 is 2.22 bits per heavy atom. The summed E-state index contributed by atoms with van der Waals surface area (Å²) in [6.07, 6.45) is 1.03. The molecule has 0 bridgehead atoms. The molecule has 98 valence electrons. The van der Waals surface area contributed by atoms with E-state index in [9.17, 15) is 9.90 Å². The van der Waals surface area contributed by atoms with Crippen LogP contribution in [0.3, 0.4) is 0 Å². The predicted octanol–water partition coefficient (Wildman–Crippen LogP) is 3.06. The number of anilines is 1. The lowest BCUT2D eigenvalue weighted by Crippen LogP contribution is -2.43. The van der Waals surface area contributed by atoms with Gasteiger partial charge >= 0.3 is 5.97 Å². The topological polar surface area (TPSA) is 53.4 Å². The Bertz CT molecular complexity index is 488. The lowest BCUT2D eigenvalue weighted by Gasteiger charge is -2.36. The Balaban J connectivity index is 2.51. The molecule has 1 aliphatic rings. The van der Waals surface area contributed by atoms with E-state index in [2.05, 4.69) is 25.8 Å². The zero-order chi connectivity index (χ0) is 13.5. The van der Waals surface area contributed by atoms with Crippen molar-refractivity contribution >= 4 is 23.4 Å². The summed E-state index contributed by atoms with van der Waals surface area (Å²) in [4.78, 5) is 17.5. The number of aromatic carboxylic acids is 1. The molecule has 0 spiro atoms. The molecule has 1 aromatic rings. The average molecular weight is 269 g/mol. The van der Waals surface area contributed by atoms with Crippen molar-refractivity contribution in [3.05, 3.63) is 22.8 Å². The number of aromatic nitrogens is 1. The molecule has 0 aliphatic carbocycles. The molecule has 1 fully saturated rings. The van der Waals surface area contributed by atoms with Crippen LogP contribution in [-0.2, 0) is 0 Å². The molecule has 1 N–H and O–H groups in total. The van der Waals surface area contributed by atoms with Gasteiger partial charge in [0.15, 0.2) is 0 Å². The highest BCUT2D eigenvalue weighted by atomic mass is 35.5. The largest absolute Gasteiger partial charge is 0.478 e. The summed E-state index contributed by atoms with van der Waals surface area (Å²) in [5.41, 5.74) is 0.101. The molecule has 0 saturated carbocycles. The highest BCUT2D eigenvalue weighted by Gasteiger charge is 2.40. The predicted molar refractivity (Wildman–Crippen MR) is 71.4 cm³/mol. The fourth-order valence-corrected chi connectivity index (χ4v) is 2.55. The van der Waals surface area contributed by atoms with Crippen LogP contribution in [0.15, 0.2) is 12.1 Å². The minimum Gasteiger partial charge on any atom is -0.478 e. The zero-order valence-corrected chi connectivity index (χ0v) is 11.5. The number of pyridine rings is 1. The smallest absolute Gasteiger partial charge is 0.339 e. The molecular weight excluding hydrogens is 252 g/mol. The van der Waals surface area contributed by atoms with Crippen LogP contribution in [0.1, 0.15) is 37.6 Å². The molecule has 5 heteroatoms. The molecule has 0 aromatic carbocycles. The molecule has 2 rings (SSSR count). The minimum atomic E-state index is -0.968. The van der Waals surface area contributed by atoms with Gasteiger partial charge in [0.1, 0.15) is 16.5 Å². The fourth-order valence-electron chi connectivity index (χ4n) is 2.41. The zero-order valence-electron chi connectivity index (χ0n) is 10.8. The van der Waals surface area contributed by atoms with Gasteiger partial charge in [0, 0.05) is 12.1 Å². The van der Waals surface area contributed by atoms with Gasteiger partial charge in [-0.3, -0.25) is 0 Å². The summed E-state index contributed by atoms with van der Waals surface area (Å²) in [6, 6.07) is 3.03. The molecule has 1 aromatic heterocycles. The van der Waals surface area contributed by atoms with Gasteiger partial charge in [0.25, 0.3) is 0 Å². The average Bonchev–Trinajstić information content (AvgIpc) is 2.53. The van der Waals surface area contributed by atoms with E-state index in [1.165, 1.54) is 12.1 Å². The van der Waals surface area contributed by atoms with Gasteiger partial charge in [0.05, 0.1) is 0 Å². The van der Waals surface area contributed by atoms with E-state index in [4.69, 9.17) is 11.6 Å². The van der Waals surface area contributed by atoms with Gasteiger partial charge in [-0.1, -0.05) is 18.5 Å². The van der Waals surface area contributed by atoms with Crippen LogP contribution in [-0.4, -0.2) is 28.1 Å². The first kappa shape index (κ1) is 13.1. The molecule has 1 unspecified atom stereocenters. The number of carboxylic acid groups (broad SMARTS) is 1. The van der Waals surface area contributed by atoms with Crippen molar-refractivity contribution in [3.8, 4) is 0 Å². The number of halogens is 1. The Morgan fingerprint density at radius 3 is 2.72 bits per heavy atom. The number of rotatable bonds is 2. The van der Waals surface area contributed by atoms with Gasteiger partial charge in [-0.25, -0.2) is 9.78 Å².